The molecule has 5 amide bonds. The van der Waals surface area contributed by atoms with Crippen molar-refractivity contribution in [3.63, 3.8) is 0 Å². The maximum atomic E-state index is 12.2. The summed E-state index contributed by atoms with van der Waals surface area (Å²) in [5.41, 5.74) is 5.48. The molecule has 1 saturated carbocycles. The van der Waals surface area contributed by atoms with E-state index in [2.05, 4.69) is 24.5 Å². The molecule has 69 heavy (non-hydrogen) atoms. The lowest BCUT2D eigenvalue weighted by atomic mass is 9.85. The van der Waals surface area contributed by atoms with E-state index in [9.17, 15) is 38.7 Å². The fraction of sp³-hybridized carbons (Fsp3) is 0.660. The lowest BCUT2D eigenvalue weighted by molar-refractivity contribution is -0.148. The van der Waals surface area contributed by atoms with Crippen molar-refractivity contribution in [2.45, 2.75) is 160 Å². The van der Waals surface area contributed by atoms with Gasteiger partial charge in [-0.3, -0.25) is 24.5 Å². The average Bonchev–Trinajstić information content (AvgIpc) is 4.00. The van der Waals surface area contributed by atoms with Gasteiger partial charge >= 0.3 is 12.1 Å². The van der Waals surface area contributed by atoms with Gasteiger partial charge in [-0.05, 0) is 64.2 Å². The second kappa shape index (κ2) is 31.6. The first-order chi connectivity index (χ1) is 32.4. The van der Waals surface area contributed by atoms with Crippen LogP contribution in [0.1, 0.15) is 124 Å². The second-order valence-electron chi connectivity index (χ2n) is 18.2. The van der Waals surface area contributed by atoms with Crippen LogP contribution in [0.5, 0.6) is 5.75 Å². The zero-order valence-electron chi connectivity index (χ0n) is 42.6. The number of cyclic esters (lactones) is 1. The molecule has 0 spiro atoms. The molecule has 0 aromatic heterocycles. The second-order valence-corrected chi connectivity index (χ2v) is 19.9. The number of amides is 5. The highest BCUT2D eigenvalue weighted by Crippen LogP contribution is 2.47. The van der Waals surface area contributed by atoms with E-state index in [1.807, 2.05) is 57.2 Å². The molecule has 1 aromatic carbocycles. The number of aliphatic hydroxyl groups is 1. The number of benzene rings is 1. The molecule has 1 aromatic rings. The minimum Gasteiger partial charge on any atom is -0.495 e. The predicted octanol–water partition coefficient (Wildman–Crippen LogP) is 6.85. The van der Waals surface area contributed by atoms with Crippen LogP contribution in [-0.2, 0) is 44.7 Å². The maximum absolute atomic E-state index is 12.2. The summed E-state index contributed by atoms with van der Waals surface area (Å²) in [6.45, 7) is 11.6. The molecule has 3 aliphatic rings. The molecular formula is C50H80ClN5O12S. The number of allylic oxidation sites excluding steroid dienone is 3. The van der Waals surface area contributed by atoms with Crippen LogP contribution in [0.4, 0.5) is 4.79 Å². The van der Waals surface area contributed by atoms with E-state index in [0.29, 0.717) is 35.7 Å². The molecular weight excluding hydrogens is 930 g/mol. The Kier molecular flexibility index (Phi) is 28.5. The third-order valence-electron chi connectivity index (χ3n) is 11.9. The lowest BCUT2D eigenvalue weighted by Crippen LogP contribution is -2.57. The Morgan fingerprint density at radius 2 is 1.74 bits per heavy atom. The van der Waals surface area contributed by atoms with Gasteiger partial charge in [0.05, 0.1) is 29.1 Å². The molecule has 17 nitrogen and oxygen atoms in total. The first-order valence-electron chi connectivity index (χ1n) is 23.7. The number of hydrogen-bond acceptors (Lipinski definition) is 12. The van der Waals surface area contributed by atoms with Crippen LogP contribution in [0.2, 0.25) is 5.02 Å². The molecule has 2 saturated heterocycles. The highest BCUT2D eigenvalue weighted by atomic mass is 35.5. The molecule has 4 rings (SSSR count). The van der Waals surface area contributed by atoms with Gasteiger partial charge < -0.3 is 50.1 Å². The van der Waals surface area contributed by atoms with E-state index in [4.69, 9.17) is 36.7 Å². The molecule has 1 aliphatic carbocycles. The number of alkyl carbamates (subject to hydrolysis) is 1. The van der Waals surface area contributed by atoms with Crippen molar-refractivity contribution in [2.75, 3.05) is 41.1 Å². The number of hydrogen-bond donors (Lipinski definition) is 5. The fourth-order valence-electron chi connectivity index (χ4n) is 7.55. The molecule has 2 aliphatic heterocycles. The lowest BCUT2D eigenvalue weighted by Gasteiger charge is -2.38. The number of nitrogens with one attached hydrogen (secondary N) is 2. The first kappa shape index (κ1) is 62.4. The molecule has 390 valence electrons. The van der Waals surface area contributed by atoms with Crippen LogP contribution in [0.25, 0.3) is 0 Å². The van der Waals surface area contributed by atoms with E-state index in [-0.39, 0.29) is 67.3 Å². The molecule has 19 heteroatoms. The van der Waals surface area contributed by atoms with Gasteiger partial charge in [0.2, 0.25) is 23.6 Å². The zero-order chi connectivity index (χ0) is 52.5. The van der Waals surface area contributed by atoms with Crippen LogP contribution in [0, 0.1) is 11.8 Å². The van der Waals surface area contributed by atoms with Crippen molar-refractivity contribution in [3.05, 3.63) is 52.6 Å². The standard InChI is InChI=1S/C27H37ClN2O6.C13H22N2O5S.C7H13NO.C3H8/c1-17(14-19-9-10-20(28)21(15-19)34-5)8-6-7-12-27(33)16-22(35-25(32)30-27)18(2)24-26(3,36-24)13-11-23(31)29-4;1-9(13(19)20)15(4)11(17)6-8-21-10(5-7-16)12(18)14(2)3;8-7(9)6-4-2-1-3-5-6;1-3-2/h6-10,15,18,22,24,33H,11-14,16H2,1-5H3,(H,29,31)(H,30,32);7,9-10H,5-6,8H2,1-4H3,(H,19,20);6H,1-5H2,(H2,8,9);3H2,1-2H3/b7-6+,17-8+;;;/t18-,22?,24?,26?,27-;;;/m1.../s1. The monoisotopic (exact) mass is 1010 g/mol. The number of carbonyl (C=O) groups is 7. The number of nitrogens with two attached hydrogens (primary N) is 1. The summed E-state index contributed by atoms with van der Waals surface area (Å²) in [6.07, 6.45) is 14.4. The smallest absolute Gasteiger partial charge is 0.409 e. The minimum atomic E-state index is -1.41. The molecule has 0 bridgehead atoms. The normalized spacial score (nSPS) is 22.2. The Balaban J connectivity index is 0.000000603. The third kappa shape index (κ3) is 22.8. The maximum Gasteiger partial charge on any atom is 0.409 e. The largest absolute Gasteiger partial charge is 0.495 e. The average molecular weight is 1010 g/mol. The van der Waals surface area contributed by atoms with Crippen molar-refractivity contribution in [2.24, 2.45) is 17.6 Å². The van der Waals surface area contributed by atoms with Gasteiger partial charge in [0, 0.05) is 77.9 Å². The number of primary amides is 1. The van der Waals surface area contributed by atoms with E-state index in [0.717, 1.165) is 35.3 Å². The number of ether oxygens (including phenoxy) is 3. The van der Waals surface area contributed by atoms with Gasteiger partial charge in [-0.2, -0.15) is 0 Å². The zero-order valence-corrected chi connectivity index (χ0v) is 44.2. The van der Waals surface area contributed by atoms with E-state index in [1.165, 1.54) is 56.3 Å². The number of carbonyl (C=O) groups excluding carboxylic acids is 6. The summed E-state index contributed by atoms with van der Waals surface area (Å²) in [4.78, 5) is 82.0. The number of likely N-dealkylation sites (N-methyl/N-ethyl adjacent to an activating group) is 1. The third-order valence-corrected chi connectivity index (χ3v) is 13.5. The van der Waals surface area contributed by atoms with Crippen LogP contribution in [0.15, 0.2) is 42.0 Å². The number of carboxylic acid groups (broad SMARTS) is 1. The Hall–Kier alpha value is -4.65. The van der Waals surface area contributed by atoms with Crippen molar-refractivity contribution in [3.8, 4) is 5.75 Å². The van der Waals surface area contributed by atoms with E-state index >= 15 is 0 Å². The van der Waals surface area contributed by atoms with Crippen LogP contribution >= 0.6 is 23.4 Å². The number of nitrogens with zero attached hydrogens (tertiary/aromatic N) is 2. The van der Waals surface area contributed by atoms with Crippen molar-refractivity contribution < 1.29 is 58.0 Å². The first-order valence-corrected chi connectivity index (χ1v) is 25.1. The number of aliphatic carboxylic acids is 1. The van der Waals surface area contributed by atoms with Crippen LogP contribution in [0.3, 0.4) is 0 Å². The summed E-state index contributed by atoms with van der Waals surface area (Å²) in [5.74, 6) is -0.625. The number of epoxide rings is 1. The summed E-state index contributed by atoms with van der Waals surface area (Å²) in [7, 11) is 7.84. The Bertz CT molecular complexity index is 1900. The molecule has 2 heterocycles. The van der Waals surface area contributed by atoms with Gasteiger partial charge in [0.1, 0.15) is 29.9 Å². The number of thioether (sulfide) groups is 1. The van der Waals surface area contributed by atoms with Crippen LogP contribution in [-0.4, -0.2) is 138 Å². The van der Waals surface area contributed by atoms with Crippen molar-refractivity contribution in [1.82, 2.24) is 20.4 Å². The van der Waals surface area contributed by atoms with Crippen LogP contribution < -0.4 is 21.1 Å². The van der Waals surface area contributed by atoms with Gasteiger partial charge in [0.25, 0.3) is 0 Å². The number of aldehydes is 1. The Morgan fingerprint density at radius 1 is 1.10 bits per heavy atom. The Morgan fingerprint density at radius 3 is 2.28 bits per heavy atom. The predicted molar refractivity (Wildman–Crippen MR) is 270 cm³/mol. The summed E-state index contributed by atoms with van der Waals surface area (Å²) in [5, 5.41) is 25.1. The highest BCUT2D eigenvalue weighted by Gasteiger charge is 2.58. The quantitative estimate of drug-likeness (QED) is 0.0481. The van der Waals surface area contributed by atoms with Gasteiger partial charge in [-0.15, -0.1) is 11.8 Å². The summed E-state index contributed by atoms with van der Waals surface area (Å²) < 4.78 is 16.7. The topological polar surface area (TPSA) is 247 Å². The SMILES string of the molecule is CC(C(=O)O)N(C)C(=O)CCSC(CC=O)C(=O)N(C)C.CCC.CNC(=O)CCC1(C)OC1[C@H](C)C1C[C@](O)(C/C=C/C=C(\C)Cc2ccc(Cl)c(OC)c2)NC(=O)O1.NC(=O)C1CCCCC1. The summed E-state index contributed by atoms with van der Waals surface area (Å²) in [6, 6.07) is 4.80. The van der Waals surface area contributed by atoms with Gasteiger partial charge in [-0.1, -0.05) is 87.9 Å². The van der Waals surface area contributed by atoms with Crippen molar-refractivity contribution in [1.29, 1.82) is 0 Å². The van der Waals surface area contributed by atoms with E-state index in [1.54, 1.807) is 28.3 Å². The van der Waals surface area contributed by atoms with Crippen molar-refractivity contribution >= 4 is 65.3 Å². The molecule has 3 fully saturated rings. The molecule has 7 atom stereocenters. The molecule has 0 radical (unpaired) electrons. The van der Waals surface area contributed by atoms with E-state index < -0.39 is 40.8 Å². The minimum absolute atomic E-state index is 0.0373. The molecule has 6 N–H and O–H groups in total. The molecule has 5 unspecified atom stereocenters. The Labute approximate surface area is 419 Å². The fourth-order valence-corrected chi connectivity index (χ4v) is 8.89. The number of halogens is 1. The van der Waals surface area contributed by atoms with Gasteiger partial charge in [0.15, 0.2) is 0 Å². The van der Waals surface area contributed by atoms with Gasteiger partial charge in [-0.25, -0.2) is 9.59 Å². The summed E-state index contributed by atoms with van der Waals surface area (Å²) >= 11 is 7.32. The number of methoxy groups -OCH3 is 1. The number of rotatable bonds is 21. The number of carboxylic acids is 1. The highest BCUT2D eigenvalue weighted by molar-refractivity contribution is 8.00.